The summed E-state index contributed by atoms with van der Waals surface area (Å²) in [6.45, 7) is 4.56. The normalized spacial score (nSPS) is 29.8. The molecule has 1 fully saturated rings. The number of nitrogens with zero attached hydrogens (tertiary/aromatic N) is 1. The highest BCUT2D eigenvalue weighted by Crippen LogP contribution is 2.39. The van der Waals surface area contributed by atoms with E-state index in [1.165, 1.54) is 4.90 Å². The van der Waals surface area contributed by atoms with Gasteiger partial charge in [0.15, 0.2) is 0 Å². The van der Waals surface area contributed by atoms with Gasteiger partial charge in [-0.1, -0.05) is 26.7 Å². The molecule has 0 atom stereocenters. The first-order valence-corrected chi connectivity index (χ1v) is 6.79. The molecule has 5 heteroatoms. The predicted octanol–water partition coefficient (Wildman–Crippen LogP) is 3.03. The lowest BCUT2D eigenvalue weighted by Gasteiger charge is -2.42. The van der Waals surface area contributed by atoms with Crippen molar-refractivity contribution in [3.63, 3.8) is 0 Å². The van der Waals surface area contributed by atoms with Crippen LogP contribution in [0, 0.1) is 11.3 Å². The fourth-order valence-corrected chi connectivity index (χ4v) is 2.81. The molecular formula is C13H25F3N2. The van der Waals surface area contributed by atoms with Gasteiger partial charge in [0.1, 0.15) is 0 Å². The third-order valence-electron chi connectivity index (χ3n) is 4.18. The second kappa shape index (κ2) is 6.24. The molecule has 0 heterocycles. The number of halogens is 3. The molecule has 1 aliphatic carbocycles. The zero-order valence-electron chi connectivity index (χ0n) is 11.4. The summed E-state index contributed by atoms with van der Waals surface area (Å²) in [7, 11) is 0. The van der Waals surface area contributed by atoms with Gasteiger partial charge >= 0.3 is 6.18 Å². The lowest BCUT2D eigenvalue weighted by molar-refractivity contribution is -0.149. The molecule has 0 spiro atoms. The van der Waals surface area contributed by atoms with Crippen LogP contribution in [0.3, 0.4) is 0 Å². The number of rotatable bonds is 5. The maximum absolute atomic E-state index is 12.5. The molecule has 2 nitrogen and oxygen atoms in total. The van der Waals surface area contributed by atoms with E-state index in [2.05, 4.69) is 6.92 Å². The Bertz CT molecular complexity index is 245. The smallest absolute Gasteiger partial charge is 0.330 e. The topological polar surface area (TPSA) is 29.3 Å². The van der Waals surface area contributed by atoms with Crippen molar-refractivity contribution in [1.29, 1.82) is 0 Å². The summed E-state index contributed by atoms with van der Waals surface area (Å²) in [6, 6.07) is 0. The van der Waals surface area contributed by atoms with Gasteiger partial charge in [-0.25, -0.2) is 0 Å². The third-order valence-corrected chi connectivity index (χ3v) is 4.18. The molecular weight excluding hydrogens is 241 g/mol. The fourth-order valence-electron chi connectivity index (χ4n) is 2.81. The van der Waals surface area contributed by atoms with Crippen molar-refractivity contribution in [3.05, 3.63) is 0 Å². The van der Waals surface area contributed by atoms with Gasteiger partial charge in [-0.05, 0) is 37.3 Å². The number of alkyl halides is 3. The molecule has 0 radical (unpaired) electrons. The molecule has 0 unspecified atom stereocenters. The van der Waals surface area contributed by atoms with Crippen LogP contribution in [0.5, 0.6) is 0 Å². The van der Waals surface area contributed by atoms with Gasteiger partial charge < -0.3 is 5.73 Å². The van der Waals surface area contributed by atoms with Crippen molar-refractivity contribution in [2.24, 2.45) is 17.1 Å². The van der Waals surface area contributed by atoms with E-state index in [-0.39, 0.29) is 5.41 Å². The van der Waals surface area contributed by atoms with Gasteiger partial charge in [0.25, 0.3) is 0 Å². The molecule has 1 rings (SSSR count). The molecule has 0 aromatic carbocycles. The maximum Gasteiger partial charge on any atom is 0.401 e. The van der Waals surface area contributed by atoms with Crippen molar-refractivity contribution in [3.8, 4) is 0 Å². The Balaban J connectivity index is 2.60. The number of nitrogens with two attached hydrogens (primary N) is 1. The highest BCUT2D eigenvalue weighted by atomic mass is 19.4. The minimum absolute atomic E-state index is 0.103. The first-order chi connectivity index (χ1) is 8.30. The minimum Gasteiger partial charge on any atom is -0.330 e. The van der Waals surface area contributed by atoms with Crippen LogP contribution in [0.4, 0.5) is 13.2 Å². The Hall–Kier alpha value is -0.290. The van der Waals surface area contributed by atoms with Gasteiger partial charge in [-0.3, -0.25) is 4.90 Å². The van der Waals surface area contributed by atoms with Crippen molar-refractivity contribution in [2.75, 3.05) is 26.2 Å². The zero-order chi connectivity index (χ0) is 13.8. The average Bonchev–Trinajstić information content (AvgIpc) is 2.30. The van der Waals surface area contributed by atoms with Crippen LogP contribution in [-0.2, 0) is 0 Å². The highest BCUT2D eigenvalue weighted by Gasteiger charge is 2.37. The monoisotopic (exact) mass is 266 g/mol. The molecule has 0 aromatic rings. The molecule has 0 aromatic heterocycles. The molecule has 108 valence electrons. The Morgan fingerprint density at radius 1 is 1.28 bits per heavy atom. The van der Waals surface area contributed by atoms with Crippen molar-refractivity contribution < 1.29 is 13.2 Å². The third kappa shape index (κ3) is 4.76. The Morgan fingerprint density at radius 2 is 1.83 bits per heavy atom. The Morgan fingerprint density at radius 3 is 2.22 bits per heavy atom. The first-order valence-electron chi connectivity index (χ1n) is 6.79. The van der Waals surface area contributed by atoms with Crippen LogP contribution < -0.4 is 5.73 Å². The standard InChI is InChI=1S/C13H25F3N2/c1-3-18(10-13(14,15)16)9-12(8-17)6-4-11(2)5-7-12/h11H,3-10,17H2,1-2H3. The Labute approximate surface area is 108 Å². The van der Waals surface area contributed by atoms with E-state index in [4.69, 9.17) is 5.73 Å². The first kappa shape index (κ1) is 15.8. The van der Waals surface area contributed by atoms with E-state index in [1.807, 2.05) is 0 Å². The van der Waals surface area contributed by atoms with E-state index in [0.29, 0.717) is 25.6 Å². The molecule has 18 heavy (non-hydrogen) atoms. The second-order valence-electron chi connectivity index (χ2n) is 5.81. The minimum atomic E-state index is -4.12. The van der Waals surface area contributed by atoms with Crippen molar-refractivity contribution >= 4 is 0 Å². The number of hydrogen-bond donors (Lipinski definition) is 1. The van der Waals surface area contributed by atoms with E-state index < -0.39 is 12.7 Å². The summed E-state index contributed by atoms with van der Waals surface area (Å²) in [6.07, 6.45) is -0.0344. The zero-order valence-corrected chi connectivity index (χ0v) is 11.4. The van der Waals surface area contributed by atoms with Crippen LogP contribution in [0.15, 0.2) is 0 Å². The lowest BCUT2D eigenvalue weighted by Crippen LogP contribution is -2.47. The molecule has 0 bridgehead atoms. The lowest BCUT2D eigenvalue weighted by atomic mass is 9.70. The van der Waals surface area contributed by atoms with Crippen molar-refractivity contribution in [1.82, 2.24) is 4.90 Å². The van der Waals surface area contributed by atoms with Gasteiger partial charge in [0, 0.05) is 6.54 Å². The Kier molecular flexibility index (Phi) is 5.46. The summed E-state index contributed by atoms with van der Waals surface area (Å²) in [4.78, 5) is 1.49. The SMILES string of the molecule is CCN(CC(F)(F)F)CC1(CN)CCC(C)CC1. The van der Waals surface area contributed by atoms with Crippen LogP contribution >= 0.6 is 0 Å². The average molecular weight is 266 g/mol. The molecule has 0 aliphatic heterocycles. The van der Waals surface area contributed by atoms with E-state index in [9.17, 15) is 13.2 Å². The van der Waals surface area contributed by atoms with Crippen LogP contribution in [0.2, 0.25) is 0 Å². The molecule has 1 saturated carbocycles. The van der Waals surface area contributed by atoms with Gasteiger partial charge in [0.05, 0.1) is 6.54 Å². The van der Waals surface area contributed by atoms with E-state index in [0.717, 1.165) is 25.7 Å². The summed E-state index contributed by atoms with van der Waals surface area (Å²) < 4.78 is 37.4. The van der Waals surface area contributed by atoms with Crippen LogP contribution in [0.1, 0.15) is 39.5 Å². The van der Waals surface area contributed by atoms with E-state index >= 15 is 0 Å². The second-order valence-corrected chi connectivity index (χ2v) is 5.81. The molecule has 0 amide bonds. The molecule has 0 saturated heterocycles. The van der Waals surface area contributed by atoms with Gasteiger partial charge in [-0.2, -0.15) is 13.2 Å². The quantitative estimate of drug-likeness (QED) is 0.828. The largest absolute Gasteiger partial charge is 0.401 e. The van der Waals surface area contributed by atoms with Crippen molar-refractivity contribution in [2.45, 2.75) is 45.7 Å². The van der Waals surface area contributed by atoms with Crippen LogP contribution in [-0.4, -0.2) is 37.3 Å². The van der Waals surface area contributed by atoms with E-state index in [1.54, 1.807) is 6.92 Å². The molecule has 1 aliphatic rings. The summed E-state index contributed by atoms with van der Waals surface area (Å²) in [5, 5.41) is 0. The highest BCUT2D eigenvalue weighted by molar-refractivity contribution is 4.88. The maximum atomic E-state index is 12.5. The van der Waals surface area contributed by atoms with Gasteiger partial charge in [0.2, 0.25) is 0 Å². The predicted molar refractivity (Wildman–Crippen MR) is 67.3 cm³/mol. The fraction of sp³-hybridized carbons (Fsp3) is 1.00. The molecule has 2 N–H and O–H groups in total. The summed E-state index contributed by atoms with van der Waals surface area (Å²) in [5.74, 6) is 0.683. The van der Waals surface area contributed by atoms with Crippen LogP contribution in [0.25, 0.3) is 0 Å². The van der Waals surface area contributed by atoms with Gasteiger partial charge in [-0.15, -0.1) is 0 Å². The number of hydrogen-bond acceptors (Lipinski definition) is 2. The summed E-state index contributed by atoms with van der Waals surface area (Å²) >= 11 is 0. The summed E-state index contributed by atoms with van der Waals surface area (Å²) in [5.41, 5.74) is 5.74.